The van der Waals surface area contributed by atoms with Gasteiger partial charge in [-0.05, 0) is 37.3 Å². The van der Waals surface area contributed by atoms with Crippen molar-refractivity contribution in [2.24, 2.45) is 0 Å². The van der Waals surface area contributed by atoms with Gasteiger partial charge in [0.25, 0.3) is 10.0 Å². The zero-order chi connectivity index (χ0) is 14.0. The molecule has 0 aliphatic rings. The Balaban J connectivity index is 2.44. The largest absolute Gasteiger partial charge is 0.398 e. The quantitative estimate of drug-likeness (QED) is 0.840. The molecule has 5 nitrogen and oxygen atoms in total. The van der Waals surface area contributed by atoms with Gasteiger partial charge in [0.15, 0.2) is 0 Å². The molecule has 0 atom stereocenters. The van der Waals surface area contributed by atoms with Crippen molar-refractivity contribution in [2.45, 2.75) is 11.8 Å². The van der Waals surface area contributed by atoms with E-state index in [1.54, 1.807) is 31.3 Å². The second-order valence-electron chi connectivity index (χ2n) is 3.92. The van der Waals surface area contributed by atoms with E-state index in [2.05, 4.69) is 25.6 Å². The molecule has 2 aromatic rings. The number of benzene rings is 1. The molecule has 3 N–H and O–H groups in total. The van der Waals surface area contributed by atoms with Crippen molar-refractivity contribution in [1.82, 2.24) is 4.98 Å². The Morgan fingerprint density at radius 2 is 2.05 bits per heavy atom. The van der Waals surface area contributed by atoms with Crippen molar-refractivity contribution >= 4 is 37.3 Å². The van der Waals surface area contributed by atoms with E-state index in [4.69, 9.17) is 5.73 Å². The molecule has 1 heterocycles. The summed E-state index contributed by atoms with van der Waals surface area (Å²) in [5.41, 5.74) is 6.93. The number of sulfonamides is 1. The van der Waals surface area contributed by atoms with E-state index in [9.17, 15) is 8.42 Å². The lowest BCUT2D eigenvalue weighted by molar-refractivity contribution is 0.601. The van der Waals surface area contributed by atoms with Crippen molar-refractivity contribution in [3.8, 4) is 0 Å². The van der Waals surface area contributed by atoms with Crippen molar-refractivity contribution in [2.75, 3.05) is 10.5 Å². The van der Waals surface area contributed by atoms with Crippen molar-refractivity contribution < 1.29 is 8.42 Å². The maximum absolute atomic E-state index is 12.3. The summed E-state index contributed by atoms with van der Waals surface area (Å²) in [4.78, 5) is 4.06. The average Bonchev–Trinajstić information content (AvgIpc) is 2.35. The lowest BCUT2D eigenvalue weighted by atomic mass is 10.3. The van der Waals surface area contributed by atoms with Crippen LogP contribution < -0.4 is 10.5 Å². The van der Waals surface area contributed by atoms with Crippen LogP contribution in [0.15, 0.2) is 45.9 Å². The summed E-state index contributed by atoms with van der Waals surface area (Å²) in [5, 5.41) is 0. The third-order valence-electron chi connectivity index (χ3n) is 2.52. The van der Waals surface area contributed by atoms with E-state index in [1.807, 2.05) is 0 Å². The maximum Gasteiger partial charge on any atom is 0.264 e. The summed E-state index contributed by atoms with van der Waals surface area (Å²) >= 11 is 3.23. The topological polar surface area (TPSA) is 85.1 Å². The summed E-state index contributed by atoms with van der Waals surface area (Å²) < 4.78 is 27.7. The molecule has 7 heteroatoms. The number of nitrogens with two attached hydrogens (primary N) is 1. The van der Waals surface area contributed by atoms with Crippen LogP contribution in [0.2, 0.25) is 0 Å². The highest BCUT2D eigenvalue weighted by atomic mass is 79.9. The minimum atomic E-state index is -3.73. The Morgan fingerprint density at radius 3 is 2.74 bits per heavy atom. The molecule has 0 aliphatic heterocycles. The predicted octanol–water partition coefficient (Wildman–Crippen LogP) is 2.54. The van der Waals surface area contributed by atoms with Crippen LogP contribution >= 0.6 is 15.9 Å². The molecule has 0 spiro atoms. The van der Waals surface area contributed by atoms with Crippen LogP contribution in [0.25, 0.3) is 0 Å². The van der Waals surface area contributed by atoms with E-state index < -0.39 is 10.0 Å². The van der Waals surface area contributed by atoms with Gasteiger partial charge in [-0.2, -0.15) is 0 Å². The van der Waals surface area contributed by atoms with Crippen LogP contribution in [0, 0.1) is 6.92 Å². The lowest BCUT2D eigenvalue weighted by Crippen LogP contribution is -2.15. The van der Waals surface area contributed by atoms with Crippen molar-refractivity contribution in [3.63, 3.8) is 0 Å². The van der Waals surface area contributed by atoms with Crippen LogP contribution in [0.3, 0.4) is 0 Å². The number of rotatable bonds is 3. The first-order valence-electron chi connectivity index (χ1n) is 5.39. The Labute approximate surface area is 120 Å². The van der Waals surface area contributed by atoms with Gasteiger partial charge in [0.05, 0.1) is 17.1 Å². The number of pyridine rings is 1. The van der Waals surface area contributed by atoms with E-state index in [-0.39, 0.29) is 10.6 Å². The number of nitrogen functional groups attached to an aromatic ring is 1. The second-order valence-corrected chi connectivity index (χ2v) is 6.49. The predicted molar refractivity (Wildman–Crippen MR) is 78.3 cm³/mol. The van der Waals surface area contributed by atoms with E-state index in [0.29, 0.717) is 15.9 Å². The second kappa shape index (κ2) is 5.18. The summed E-state index contributed by atoms with van der Waals surface area (Å²) in [6.45, 7) is 1.72. The first kappa shape index (κ1) is 13.8. The molecule has 0 saturated heterocycles. The molecule has 1 aromatic carbocycles. The molecule has 0 aliphatic carbocycles. The van der Waals surface area contributed by atoms with Gasteiger partial charge in [-0.25, -0.2) is 8.42 Å². The molecule has 0 fully saturated rings. The summed E-state index contributed by atoms with van der Waals surface area (Å²) in [6, 6.07) is 7.99. The van der Waals surface area contributed by atoms with Crippen LogP contribution in [0.4, 0.5) is 11.4 Å². The fourth-order valence-corrected chi connectivity index (χ4v) is 3.32. The maximum atomic E-state index is 12.3. The molecule has 0 amide bonds. The van der Waals surface area contributed by atoms with E-state index >= 15 is 0 Å². The summed E-state index contributed by atoms with van der Waals surface area (Å²) in [5.74, 6) is 0. The third kappa shape index (κ3) is 3.05. The molecule has 1 aromatic heterocycles. The highest BCUT2D eigenvalue weighted by Crippen LogP contribution is 2.25. The highest BCUT2D eigenvalue weighted by molar-refractivity contribution is 9.10. The molecule has 2 rings (SSSR count). The van der Waals surface area contributed by atoms with Crippen LogP contribution in [-0.4, -0.2) is 13.4 Å². The fourth-order valence-electron chi connectivity index (χ4n) is 1.53. The summed E-state index contributed by atoms with van der Waals surface area (Å²) in [6.07, 6.45) is 1.60. The zero-order valence-corrected chi connectivity index (χ0v) is 12.5. The third-order valence-corrected chi connectivity index (χ3v) is 4.43. The van der Waals surface area contributed by atoms with E-state index in [1.165, 1.54) is 12.1 Å². The van der Waals surface area contributed by atoms with Crippen molar-refractivity contribution in [1.29, 1.82) is 0 Å². The van der Waals surface area contributed by atoms with Gasteiger partial charge >= 0.3 is 0 Å². The zero-order valence-electron chi connectivity index (χ0n) is 10.1. The number of aromatic nitrogens is 1. The number of hydrogen-bond donors (Lipinski definition) is 2. The fraction of sp³-hybridized carbons (Fsp3) is 0.0833. The number of nitrogens with zero attached hydrogens (tertiary/aromatic N) is 1. The molecular weight excluding hydrogens is 330 g/mol. The van der Waals surface area contributed by atoms with Crippen LogP contribution in [0.1, 0.15) is 5.69 Å². The minimum absolute atomic E-state index is 0.0325. The number of hydrogen-bond acceptors (Lipinski definition) is 4. The monoisotopic (exact) mass is 341 g/mol. The highest BCUT2D eigenvalue weighted by Gasteiger charge is 2.18. The molecule has 0 radical (unpaired) electrons. The van der Waals surface area contributed by atoms with Gasteiger partial charge in [0, 0.05) is 10.7 Å². The van der Waals surface area contributed by atoms with Gasteiger partial charge in [0.1, 0.15) is 4.90 Å². The molecule has 0 saturated carbocycles. The molecule has 0 bridgehead atoms. The first-order chi connectivity index (χ1) is 8.90. The standard InChI is InChI=1S/C12H12BrN3O2S/c1-8-11(3-2-6-15-8)16-19(17,18)12-7-9(13)4-5-10(12)14/h2-7,16H,14H2,1H3. The van der Waals surface area contributed by atoms with Gasteiger partial charge in [-0.15, -0.1) is 0 Å². The minimum Gasteiger partial charge on any atom is -0.398 e. The average molecular weight is 342 g/mol. The number of anilines is 2. The number of nitrogens with one attached hydrogen (secondary N) is 1. The molecule has 100 valence electrons. The Hall–Kier alpha value is -1.60. The summed E-state index contributed by atoms with van der Waals surface area (Å²) in [7, 11) is -3.73. The van der Waals surface area contributed by atoms with Gasteiger partial charge in [-0.3, -0.25) is 9.71 Å². The van der Waals surface area contributed by atoms with Crippen molar-refractivity contribution in [3.05, 3.63) is 46.7 Å². The van der Waals surface area contributed by atoms with Gasteiger partial charge in [0.2, 0.25) is 0 Å². The smallest absolute Gasteiger partial charge is 0.264 e. The van der Waals surface area contributed by atoms with E-state index in [0.717, 1.165) is 0 Å². The number of halogens is 1. The van der Waals surface area contributed by atoms with Gasteiger partial charge in [-0.1, -0.05) is 15.9 Å². The lowest BCUT2D eigenvalue weighted by Gasteiger charge is -2.11. The van der Waals surface area contributed by atoms with Gasteiger partial charge < -0.3 is 5.73 Å². The Kier molecular flexibility index (Phi) is 3.77. The first-order valence-corrected chi connectivity index (χ1v) is 7.67. The molecule has 0 unspecified atom stereocenters. The number of aryl methyl sites for hydroxylation is 1. The molecular formula is C12H12BrN3O2S. The van der Waals surface area contributed by atoms with Crippen LogP contribution in [0.5, 0.6) is 0 Å². The molecule has 19 heavy (non-hydrogen) atoms. The Bertz CT molecular complexity index is 717. The normalized spacial score (nSPS) is 11.3. The van der Waals surface area contributed by atoms with Crippen LogP contribution in [-0.2, 0) is 10.0 Å². The Morgan fingerprint density at radius 1 is 1.32 bits per heavy atom. The SMILES string of the molecule is Cc1ncccc1NS(=O)(=O)c1cc(Br)ccc1N.